The second kappa shape index (κ2) is 5.80. The zero-order valence-electron chi connectivity index (χ0n) is 13.0. The molecule has 0 fully saturated rings. The van der Waals surface area contributed by atoms with Crippen LogP contribution in [0.1, 0.15) is 58.2 Å². The van der Waals surface area contributed by atoms with Crippen molar-refractivity contribution in [2.45, 2.75) is 59.0 Å². The van der Waals surface area contributed by atoms with Gasteiger partial charge in [-0.2, -0.15) is 0 Å². The summed E-state index contributed by atoms with van der Waals surface area (Å²) in [5.41, 5.74) is 1.98. The van der Waals surface area contributed by atoms with Crippen LogP contribution in [0.2, 0.25) is 0 Å². The standard InChI is InChI=1S/C15H24O4P/c1-14(2,3)11-7-10(9-19-20(17)18)8-12(13(11)16)15(4,5)6/h7-8,16H,9H2,1-6H3,(H,17,18). The van der Waals surface area contributed by atoms with Crippen LogP contribution in [0.4, 0.5) is 0 Å². The summed E-state index contributed by atoms with van der Waals surface area (Å²) in [6, 6.07) is 3.67. The van der Waals surface area contributed by atoms with Crippen LogP contribution in [-0.2, 0) is 26.5 Å². The van der Waals surface area contributed by atoms with Gasteiger partial charge in [-0.15, -0.1) is 0 Å². The number of phenolic OH excluding ortho intramolecular Hbond substituents is 1. The molecule has 5 heteroatoms. The second-order valence-corrected chi connectivity index (χ2v) is 7.78. The van der Waals surface area contributed by atoms with Crippen molar-refractivity contribution >= 4 is 8.25 Å². The van der Waals surface area contributed by atoms with Crippen molar-refractivity contribution in [3.63, 3.8) is 0 Å². The van der Waals surface area contributed by atoms with E-state index in [9.17, 15) is 9.67 Å². The van der Waals surface area contributed by atoms with E-state index in [1.54, 1.807) is 0 Å². The molecule has 20 heavy (non-hydrogen) atoms. The molecule has 0 amide bonds. The number of aromatic hydroxyl groups is 1. The molecule has 0 aromatic heterocycles. The van der Waals surface area contributed by atoms with E-state index in [0.717, 1.165) is 16.7 Å². The Kier molecular flexibility index (Phi) is 4.96. The van der Waals surface area contributed by atoms with E-state index >= 15 is 0 Å². The van der Waals surface area contributed by atoms with Gasteiger partial charge in [-0.3, -0.25) is 9.42 Å². The van der Waals surface area contributed by atoms with Crippen molar-refractivity contribution in [1.82, 2.24) is 0 Å². The first-order chi connectivity index (χ1) is 8.93. The summed E-state index contributed by atoms with van der Waals surface area (Å²) >= 11 is 0. The van der Waals surface area contributed by atoms with E-state index in [1.807, 2.05) is 53.7 Å². The molecule has 0 saturated heterocycles. The number of hydrogen-bond donors (Lipinski definition) is 2. The molecular weight excluding hydrogens is 275 g/mol. The van der Waals surface area contributed by atoms with E-state index in [-0.39, 0.29) is 17.4 Å². The fourth-order valence-electron chi connectivity index (χ4n) is 2.05. The molecule has 0 aliphatic rings. The molecule has 0 saturated carbocycles. The van der Waals surface area contributed by atoms with Crippen molar-refractivity contribution < 1.29 is 19.1 Å². The molecule has 1 radical (unpaired) electrons. The number of hydrogen-bond acceptors (Lipinski definition) is 3. The van der Waals surface area contributed by atoms with Crippen LogP contribution < -0.4 is 0 Å². The molecular formula is C15H24O4P. The topological polar surface area (TPSA) is 66.8 Å². The Morgan fingerprint density at radius 3 is 1.75 bits per heavy atom. The van der Waals surface area contributed by atoms with E-state index < -0.39 is 8.25 Å². The van der Waals surface area contributed by atoms with E-state index in [1.165, 1.54) is 0 Å². The molecule has 1 atom stereocenters. The third-order valence-corrected chi connectivity index (χ3v) is 3.48. The first-order valence-corrected chi connectivity index (χ1v) is 7.72. The lowest BCUT2D eigenvalue weighted by atomic mass is 9.78. The summed E-state index contributed by atoms with van der Waals surface area (Å²) in [5, 5.41) is 10.5. The molecule has 113 valence electrons. The zero-order valence-corrected chi connectivity index (χ0v) is 13.9. The molecule has 0 aliphatic carbocycles. The van der Waals surface area contributed by atoms with Gasteiger partial charge in [0, 0.05) is 0 Å². The highest BCUT2D eigenvalue weighted by Crippen LogP contribution is 2.40. The van der Waals surface area contributed by atoms with Gasteiger partial charge in [-0.1, -0.05) is 41.5 Å². The van der Waals surface area contributed by atoms with Gasteiger partial charge in [0.1, 0.15) is 5.75 Å². The Labute approximate surface area is 121 Å². The number of phenols is 1. The molecule has 1 aromatic carbocycles. The molecule has 1 rings (SSSR count). The van der Waals surface area contributed by atoms with Crippen LogP contribution in [0.15, 0.2) is 12.1 Å². The fourth-order valence-corrected chi connectivity index (χ4v) is 2.31. The van der Waals surface area contributed by atoms with Crippen molar-refractivity contribution in [2.75, 3.05) is 0 Å². The van der Waals surface area contributed by atoms with Crippen molar-refractivity contribution in [2.24, 2.45) is 0 Å². The predicted molar refractivity (Wildman–Crippen MR) is 80.1 cm³/mol. The minimum absolute atomic E-state index is 0.0537. The largest absolute Gasteiger partial charge is 0.507 e. The van der Waals surface area contributed by atoms with Crippen LogP contribution >= 0.6 is 8.25 Å². The third kappa shape index (κ3) is 4.27. The highest BCUT2D eigenvalue weighted by molar-refractivity contribution is 7.32. The van der Waals surface area contributed by atoms with Gasteiger partial charge in [-0.05, 0) is 39.7 Å². The van der Waals surface area contributed by atoms with Gasteiger partial charge in [0.05, 0.1) is 6.61 Å². The van der Waals surface area contributed by atoms with Gasteiger partial charge in [0.15, 0.2) is 0 Å². The summed E-state index contributed by atoms with van der Waals surface area (Å²) in [6.07, 6.45) is 0. The minimum atomic E-state index is -2.62. The third-order valence-electron chi connectivity index (χ3n) is 3.13. The molecule has 0 aliphatic heterocycles. The Hall–Kier alpha value is -0.960. The van der Waals surface area contributed by atoms with Crippen LogP contribution in [-0.4, -0.2) is 10.00 Å². The summed E-state index contributed by atoms with van der Waals surface area (Å²) in [5.74, 6) is 0.294. The van der Waals surface area contributed by atoms with Gasteiger partial charge in [0.25, 0.3) is 0 Å². The molecule has 0 spiro atoms. The van der Waals surface area contributed by atoms with Crippen LogP contribution in [0.3, 0.4) is 0 Å². The highest BCUT2D eigenvalue weighted by Gasteiger charge is 2.26. The lowest BCUT2D eigenvalue weighted by molar-refractivity contribution is 0.272. The molecule has 0 bridgehead atoms. The Balaban J connectivity index is 3.38. The summed E-state index contributed by atoms with van der Waals surface area (Å²) in [4.78, 5) is 8.76. The lowest BCUT2D eigenvalue weighted by Crippen LogP contribution is -2.18. The van der Waals surface area contributed by atoms with Gasteiger partial charge in [0.2, 0.25) is 0 Å². The second-order valence-electron chi connectivity index (χ2n) is 7.05. The maximum Gasteiger partial charge on any atom is 0.366 e. The molecule has 0 heterocycles. The Bertz CT molecular complexity index is 475. The molecule has 1 unspecified atom stereocenters. The van der Waals surface area contributed by atoms with Crippen molar-refractivity contribution in [1.29, 1.82) is 0 Å². The summed E-state index contributed by atoms with van der Waals surface area (Å²) < 4.78 is 15.5. The molecule has 4 nitrogen and oxygen atoms in total. The number of rotatable bonds is 3. The smallest absolute Gasteiger partial charge is 0.366 e. The number of benzene rings is 1. The van der Waals surface area contributed by atoms with Gasteiger partial charge in [-0.25, -0.2) is 4.57 Å². The lowest BCUT2D eigenvalue weighted by Gasteiger charge is -2.28. The Morgan fingerprint density at radius 2 is 1.45 bits per heavy atom. The van der Waals surface area contributed by atoms with Crippen molar-refractivity contribution in [3.05, 3.63) is 28.8 Å². The van der Waals surface area contributed by atoms with E-state index in [2.05, 4.69) is 0 Å². The zero-order chi connectivity index (χ0) is 15.7. The predicted octanol–water partition coefficient (Wildman–Crippen LogP) is 4.15. The summed E-state index contributed by atoms with van der Waals surface area (Å²) in [6.45, 7) is 12.2. The van der Waals surface area contributed by atoms with E-state index in [0.29, 0.717) is 5.75 Å². The highest BCUT2D eigenvalue weighted by atomic mass is 31.1. The first kappa shape index (κ1) is 17.1. The van der Waals surface area contributed by atoms with Crippen LogP contribution in [0, 0.1) is 0 Å². The fraction of sp³-hybridized carbons (Fsp3) is 0.600. The van der Waals surface area contributed by atoms with E-state index in [4.69, 9.17) is 9.42 Å². The summed E-state index contributed by atoms with van der Waals surface area (Å²) in [7, 11) is -2.62. The van der Waals surface area contributed by atoms with Crippen LogP contribution in [0.25, 0.3) is 0 Å². The normalized spacial score (nSPS) is 13.4. The average molecular weight is 299 g/mol. The van der Waals surface area contributed by atoms with Gasteiger partial charge >= 0.3 is 8.25 Å². The SMILES string of the molecule is CC(C)(C)c1cc(CO[P](=O)O)cc(C(C)(C)C)c1O. The van der Waals surface area contributed by atoms with Crippen LogP contribution in [0.5, 0.6) is 5.75 Å². The average Bonchev–Trinajstić information content (AvgIpc) is 2.24. The molecule has 1 aromatic rings. The monoisotopic (exact) mass is 299 g/mol. The molecule has 2 N–H and O–H groups in total. The van der Waals surface area contributed by atoms with Crippen molar-refractivity contribution in [3.8, 4) is 5.75 Å². The maximum absolute atomic E-state index is 10.7. The quantitative estimate of drug-likeness (QED) is 0.823. The Morgan fingerprint density at radius 1 is 1.05 bits per heavy atom. The maximum atomic E-state index is 10.7. The first-order valence-electron chi connectivity index (χ1n) is 6.59. The minimum Gasteiger partial charge on any atom is -0.507 e. The van der Waals surface area contributed by atoms with Gasteiger partial charge < -0.3 is 5.11 Å².